The van der Waals surface area contributed by atoms with Crippen LogP contribution in [-0.2, 0) is 22.7 Å². The molecule has 1 fully saturated rings. The van der Waals surface area contributed by atoms with E-state index >= 15 is 0 Å². The summed E-state index contributed by atoms with van der Waals surface area (Å²) >= 11 is 0. The molecule has 0 bridgehead atoms. The summed E-state index contributed by atoms with van der Waals surface area (Å²) in [4.78, 5) is 27.7. The minimum Gasteiger partial charge on any atom is -0.333 e. The number of rotatable bonds is 4. The van der Waals surface area contributed by atoms with Gasteiger partial charge in [-0.2, -0.15) is 5.26 Å². The van der Waals surface area contributed by atoms with E-state index in [1.54, 1.807) is 9.80 Å². The van der Waals surface area contributed by atoms with E-state index in [0.29, 0.717) is 19.6 Å². The zero-order valence-electron chi connectivity index (χ0n) is 13.0. The van der Waals surface area contributed by atoms with Gasteiger partial charge in [0.05, 0.1) is 19.2 Å². The molecule has 1 N–H and O–H groups in total. The van der Waals surface area contributed by atoms with Crippen LogP contribution >= 0.6 is 0 Å². The summed E-state index contributed by atoms with van der Waals surface area (Å²) in [5.74, 6) is -0.112. The Kier molecular flexibility index (Phi) is 4.58. The minimum absolute atomic E-state index is 0.00717. The number of carbonyl (C=O) groups is 2. The van der Waals surface area contributed by atoms with Gasteiger partial charge in [-0.15, -0.1) is 0 Å². The third-order valence-electron chi connectivity index (χ3n) is 4.47. The van der Waals surface area contributed by atoms with Crippen LogP contribution in [0.25, 0.3) is 0 Å². The lowest BCUT2D eigenvalue weighted by molar-refractivity contribution is -0.132. The number of nitrogens with one attached hydrogen (secondary N) is 1. The van der Waals surface area contributed by atoms with Gasteiger partial charge in [0.1, 0.15) is 6.04 Å². The number of hydrogen-bond donors (Lipinski definition) is 1. The summed E-state index contributed by atoms with van der Waals surface area (Å²) in [6, 6.07) is 9.87. The van der Waals surface area contributed by atoms with Crippen LogP contribution in [0.5, 0.6) is 0 Å². The maximum Gasteiger partial charge on any atom is 0.237 e. The van der Waals surface area contributed by atoms with E-state index in [1.165, 1.54) is 11.1 Å². The van der Waals surface area contributed by atoms with Crippen molar-refractivity contribution in [3.63, 3.8) is 0 Å². The monoisotopic (exact) mass is 312 g/mol. The van der Waals surface area contributed by atoms with Crippen molar-refractivity contribution in [3.05, 3.63) is 35.4 Å². The summed E-state index contributed by atoms with van der Waals surface area (Å²) in [5.41, 5.74) is 2.37. The van der Waals surface area contributed by atoms with Gasteiger partial charge in [0.2, 0.25) is 11.8 Å². The van der Waals surface area contributed by atoms with Crippen molar-refractivity contribution >= 4 is 11.8 Å². The molecular weight excluding hydrogens is 292 g/mol. The lowest BCUT2D eigenvalue weighted by atomic mass is 10.1. The first kappa shape index (κ1) is 15.5. The standard InChI is InChI=1S/C17H20N4O2/c18-8-15-6-3-7-21(15)17(23)10-19-9-16(22)20-11-13-4-1-2-5-14(13)12-20/h1-2,4-5,15,19H,3,6-7,9-12H2. The van der Waals surface area contributed by atoms with Crippen molar-refractivity contribution in [2.24, 2.45) is 0 Å². The molecular formula is C17H20N4O2. The largest absolute Gasteiger partial charge is 0.333 e. The molecule has 1 saturated heterocycles. The van der Waals surface area contributed by atoms with Gasteiger partial charge in [0.15, 0.2) is 0 Å². The molecule has 2 heterocycles. The smallest absolute Gasteiger partial charge is 0.237 e. The quantitative estimate of drug-likeness (QED) is 0.885. The highest BCUT2D eigenvalue weighted by atomic mass is 16.2. The fourth-order valence-electron chi connectivity index (χ4n) is 3.20. The Hall–Kier alpha value is -2.39. The molecule has 2 amide bonds. The summed E-state index contributed by atoms with van der Waals surface area (Å²) in [6.07, 6.45) is 1.61. The van der Waals surface area contributed by atoms with Gasteiger partial charge in [-0.25, -0.2) is 0 Å². The van der Waals surface area contributed by atoms with Crippen LogP contribution in [0.4, 0.5) is 0 Å². The topological polar surface area (TPSA) is 76.4 Å². The number of carbonyl (C=O) groups excluding carboxylic acids is 2. The zero-order chi connectivity index (χ0) is 16.2. The van der Waals surface area contributed by atoms with Gasteiger partial charge >= 0.3 is 0 Å². The molecule has 0 saturated carbocycles. The van der Waals surface area contributed by atoms with Crippen LogP contribution in [0.3, 0.4) is 0 Å². The van der Waals surface area contributed by atoms with Crippen molar-refractivity contribution in [1.82, 2.24) is 15.1 Å². The van der Waals surface area contributed by atoms with E-state index in [0.717, 1.165) is 12.8 Å². The van der Waals surface area contributed by atoms with Crippen molar-refractivity contribution in [2.45, 2.75) is 32.0 Å². The van der Waals surface area contributed by atoms with Gasteiger partial charge < -0.3 is 9.80 Å². The molecule has 1 atom stereocenters. The van der Waals surface area contributed by atoms with E-state index in [4.69, 9.17) is 5.26 Å². The minimum atomic E-state index is -0.312. The zero-order valence-corrected chi connectivity index (χ0v) is 13.0. The summed E-state index contributed by atoms with van der Waals surface area (Å²) < 4.78 is 0. The van der Waals surface area contributed by atoms with Crippen LogP contribution in [0.1, 0.15) is 24.0 Å². The number of benzene rings is 1. The molecule has 0 radical (unpaired) electrons. The molecule has 1 unspecified atom stereocenters. The summed E-state index contributed by atoms with van der Waals surface area (Å²) in [5, 5.41) is 11.9. The van der Waals surface area contributed by atoms with Crippen LogP contribution in [-0.4, -0.2) is 47.3 Å². The molecule has 1 aromatic carbocycles. The SMILES string of the molecule is N#CC1CCCN1C(=O)CNCC(=O)N1Cc2ccccc2C1. The maximum atomic E-state index is 12.2. The summed E-state index contributed by atoms with van der Waals surface area (Å²) in [7, 11) is 0. The molecule has 1 aromatic rings. The first-order valence-electron chi connectivity index (χ1n) is 7.93. The molecule has 0 spiro atoms. The second kappa shape index (κ2) is 6.80. The Morgan fingerprint density at radius 3 is 2.48 bits per heavy atom. The first-order chi connectivity index (χ1) is 11.2. The van der Waals surface area contributed by atoms with Crippen molar-refractivity contribution < 1.29 is 9.59 Å². The molecule has 120 valence electrons. The first-order valence-corrected chi connectivity index (χ1v) is 7.93. The van der Waals surface area contributed by atoms with E-state index in [-0.39, 0.29) is 30.9 Å². The molecule has 0 aromatic heterocycles. The number of nitriles is 1. The Morgan fingerprint density at radius 2 is 1.83 bits per heavy atom. The van der Waals surface area contributed by atoms with Crippen LogP contribution < -0.4 is 5.32 Å². The second-order valence-electron chi connectivity index (χ2n) is 6.00. The fraction of sp³-hybridized carbons (Fsp3) is 0.471. The van der Waals surface area contributed by atoms with E-state index in [2.05, 4.69) is 11.4 Å². The predicted octanol–water partition coefficient (Wildman–Crippen LogP) is 0.633. The fourth-order valence-corrected chi connectivity index (χ4v) is 3.20. The third kappa shape index (κ3) is 3.35. The highest BCUT2D eigenvalue weighted by Gasteiger charge is 2.28. The third-order valence-corrected chi connectivity index (χ3v) is 4.47. The Labute approximate surface area is 135 Å². The molecule has 23 heavy (non-hydrogen) atoms. The van der Waals surface area contributed by atoms with E-state index in [1.807, 2.05) is 24.3 Å². The van der Waals surface area contributed by atoms with Gasteiger partial charge in [0, 0.05) is 19.6 Å². The lowest BCUT2D eigenvalue weighted by Crippen LogP contribution is -2.43. The number of nitrogens with zero attached hydrogens (tertiary/aromatic N) is 3. The second-order valence-corrected chi connectivity index (χ2v) is 6.00. The van der Waals surface area contributed by atoms with Crippen LogP contribution in [0.15, 0.2) is 24.3 Å². The van der Waals surface area contributed by atoms with Gasteiger partial charge in [-0.05, 0) is 24.0 Å². The highest BCUT2D eigenvalue weighted by molar-refractivity contribution is 5.82. The van der Waals surface area contributed by atoms with Gasteiger partial charge in [-0.1, -0.05) is 24.3 Å². The molecule has 0 aliphatic carbocycles. The number of likely N-dealkylation sites (tertiary alicyclic amines) is 1. The molecule has 2 aliphatic heterocycles. The molecule has 3 rings (SSSR count). The average molecular weight is 312 g/mol. The van der Waals surface area contributed by atoms with Gasteiger partial charge in [-0.3, -0.25) is 14.9 Å². The van der Waals surface area contributed by atoms with E-state index < -0.39 is 0 Å². The van der Waals surface area contributed by atoms with E-state index in [9.17, 15) is 9.59 Å². The number of hydrogen-bond acceptors (Lipinski definition) is 4. The average Bonchev–Trinajstić information content (AvgIpc) is 3.20. The number of fused-ring (bicyclic) bond motifs is 1. The molecule has 6 heteroatoms. The Bertz CT molecular complexity index is 627. The Balaban J connectivity index is 1.44. The highest BCUT2D eigenvalue weighted by Crippen LogP contribution is 2.21. The lowest BCUT2D eigenvalue weighted by Gasteiger charge is -2.20. The molecule has 2 aliphatic rings. The van der Waals surface area contributed by atoms with Gasteiger partial charge in [0.25, 0.3) is 0 Å². The van der Waals surface area contributed by atoms with Crippen molar-refractivity contribution in [2.75, 3.05) is 19.6 Å². The van der Waals surface area contributed by atoms with Crippen molar-refractivity contribution in [3.8, 4) is 6.07 Å². The maximum absolute atomic E-state index is 12.2. The number of amides is 2. The summed E-state index contributed by atoms with van der Waals surface area (Å²) in [6.45, 7) is 2.14. The van der Waals surface area contributed by atoms with Crippen LogP contribution in [0, 0.1) is 11.3 Å². The normalized spacial score (nSPS) is 19.5. The van der Waals surface area contributed by atoms with Crippen molar-refractivity contribution in [1.29, 1.82) is 5.26 Å². The Morgan fingerprint density at radius 1 is 1.17 bits per heavy atom. The van der Waals surface area contributed by atoms with Crippen LogP contribution in [0.2, 0.25) is 0 Å². The predicted molar refractivity (Wildman–Crippen MR) is 83.9 cm³/mol. The molecule has 6 nitrogen and oxygen atoms in total.